The van der Waals surface area contributed by atoms with Crippen molar-refractivity contribution in [3.63, 3.8) is 0 Å². The number of likely N-dealkylation sites (tertiary alicyclic amines) is 1. The van der Waals surface area contributed by atoms with Crippen molar-refractivity contribution in [1.29, 1.82) is 0 Å². The van der Waals surface area contributed by atoms with Crippen LogP contribution in [0.15, 0.2) is 60.7 Å². The molecule has 1 aliphatic rings. The number of rotatable bonds is 7. The van der Waals surface area contributed by atoms with E-state index in [4.69, 9.17) is 14.5 Å². The Balaban J connectivity index is 1.46. The van der Waals surface area contributed by atoms with Crippen LogP contribution in [0.25, 0.3) is 0 Å². The maximum Gasteiger partial charge on any atom is 0.253 e. The Bertz CT molecular complexity index is 1220. The van der Waals surface area contributed by atoms with Crippen LogP contribution in [0.2, 0.25) is 0 Å². The Morgan fingerprint density at radius 2 is 1.67 bits per heavy atom. The first-order valence-corrected chi connectivity index (χ1v) is 12.3. The predicted octanol–water partition coefficient (Wildman–Crippen LogP) is 4.92. The van der Waals surface area contributed by atoms with Crippen molar-refractivity contribution in [1.82, 2.24) is 15.2 Å². The van der Waals surface area contributed by atoms with Gasteiger partial charge in [0.05, 0.1) is 31.5 Å². The maximum absolute atomic E-state index is 13.2. The number of pyridine rings is 1. The lowest BCUT2D eigenvalue weighted by molar-refractivity contribution is 0.0710. The molecule has 2 aromatic carbocycles. The zero-order chi connectivity index (χ0) is 25.7. The van der Waals surface area contributed by atoms with Gasteiger partial charge in [0.1, 0.15) is 0 Å². The van der Waals surface area contributed by atoms with Crippen LogP contribution in [0.5, 0.6) is 11.5 Å². The third kappa shape index (κ3) is 5.51. The normalized spacial score (nSPS) is 14.7. The summed E-state index contributed by atoms with van der Waals surface area (Å²) in [4.78, 5) is 33.0. The number of piperidine rings is 1. The van der Waals surface area contributed by atoms with E-state index in [-0.39, 0.29) is 23.8 Å². The van der Waals surface area contributed by atoms with Crippen LogP contribution in [0, 0.1) is 6.92 Å². The van der Waals surface area contributed by atoms with Crippen molar-refractivity contribution in [3.05, 3.63) is 88.7 Å². The molecule has 7 heteroatoms. The van der Waals surface area contributed by atoms with Crippen molar-refractivity contribution >= 4 is 11.8 Å². The van der Waals surface area contributed by atoms with Gasteiger partial charge < -0.3 is 19.7 Å². The highest BCUT2D eigenvalue weighted by molar-refractivity contribution is 5.96. The minimum absolute atomic E-state index is 0.0405. The van der Waals surface area contributed by atoms with E-state index in [1.54, 1.807) is 32.4 Å². The molecule has 2 amide bonds. The number of hydrogen-bond acceptors (Lipinski definition) is 5. The first kappa shape index (κ1) is 25.2. The van der Waals surface area contributed by atoms with Crippen LogP contribution in [0.1, 0.15) is 69.4 Å². The van der Waals surface area contributed by atoms with Crippen LogP contribution >= 0.6 is 0 Å². The minimum Gasteiger partial charge on any atom is -0.493 e. The number of amides is 2. The van der Waals surface area contributed by atoms with E-state index >= 15 is 0 Å². The first-order chi connectivity index (χ1) is 17.4. The van der Waals surface area contributed by atoms with E-state index in [0.29, 0.717) is 35.7 Å². The molecular weight excluding hydrogens is 454 g/mol. The van der Waals surface area contributed by atoms with Gasteiger partial charge in [-0.05, 0) is 62.6 Å². The Morgan fingerprint density at radius 1 is 0.972 bits per heavy atom. The molecule has 1 atom stereocenters. The third-order valence-electron chi connectivity index (χ3n) is 6.76. The standard InChI is InChI=1S/C29H33N3O4/c1-19-10-12-24(28(33)31-20(2)21-8-6-5-7-9-21)27(30-19)22-14-16-32(17-15-22)29(34)23-11-13-25(35-3)26(18-23)36-4/h5-13,18,20,22H,14-17H2,1-4H3,(H,31,33). The number of carbonyl (C=O) groups is 2. The monoisotopic (exact) mass is 487 g/mol. The topological polar surface area (TPSA) is 80.8 Å². The lowest BCUT2D eigenvalue weighted by Gasteiger charge is -2.32. The van der Waals surface area contributed by atoms with Crippen LogP contribution in [0.4, 0.5) is 0 Å². The van der Waals surface area contributed by atoms with Gasteiger partial charge in [-0.2, -0.15) is 0 Å². The van der Waals surface area contributed by atoms with Crippen molar-refractivity contribution in [2.24, 2.45) is 0 Å². The maximum atomic E-state index is 13.2. The molecule has 188 valence electrons. The minimum atomic E-state index is -0.127. The zero-order valence-corrected chi connectivity index (χ0v) is 21.3. The molecule has 36 heavy (non-hydrogen) atoms. The van der Waals surface area contributed by atoms with Gasteiger partial charge in [0.15, 0.2) is 11.5 Å². The predicted molar refractivity (Wildman–Crippen MR) is 139 cm³/mol. The Morgan fingerprint density at radius 3 is 2.33 bits per heavy atom. The summed E-state index contributed by atoms with van der Waals surface area (Å²) in [5.74, 6) is 1.05. The molecule has 0 spiro atoms. The molecular formula is C29H33N3O4. The number of nitrogens with zero attached hydrogens (tertiary/aromatic N) is 2. The summed E-state index contributed by atoms with van der Waals surface area (Å²) >= 11 is 0. The summed E-state index contributed by atoms with van der Waals surface area (Å²) in [5, 5.41) is 3.11. The second-order valence-corrected chi connectivity index (χ2v) is 9.13. The van der Waals surface area contributed by atoms with Crippen molar-refractivity contribution in [2.75, 3.05) is 27.3 Å². The molecule has 1 saturated heterocycles. The molecule has 0 radical (unpaired) electrons. The second kappa shape index (κ2) is 11.2. The Labute approximate surface area is 212 Å². The van der Waals surface area contributed by atoms with E-state index in [1.807, 2.05) is 61.2 Å². The number of aryl methyl sites for hydroxylation is 1. The lowest BCUT2D eigenvalue weighted by atomic mass is 9.89. The van der Waals surface area contributed by atoms with Gasteiger partial charge >= 0.3 is 0 Å². The number of aromatic nitrogens is 1. The number of methoxy groups -OCH3 is 2. The highest BCUT2D eigenvalue weighted by Gasteiger charge is 2.29. The molecule has 1 unspecified atom stereocenters. The van der Waals surface area contributed by atoms with Gasteiger partial charge in [-0.1, -0.05) is 30.3 Å². The van der Waals surface area contributed by atoms with Gasteiger partial charge in [-0.3, -0.25) is 14.6 Å². The summed E-state index contributed by atoms with van der Waals surface area (Å²) in [7, 11) is 3.13. The van der Waals surface area contributed by atoms with Gasteiger partial charge in [-0.25, -0.2) is 0 Å². The van der Waals surface area contributed by atoms with Crippen LogP contribution < -0.4 is 14.8 Å². The Kier molecular flexibility index (Phi) is 7.88. The van der Waals surface area contributed by atoms with Crippen molar-refractivity contribution in [2.45, 2.75) is 38.6 Å². The van der Waals surface area contributed by atoms with E-state index in [1.165, 1.54) is 0 Å². The fourth-order valence-electron chi connectivity index (χ4n) is 4.69. The molecule has 4 rings (SSSR count). The van der Waals surface area contributed by atoms with Gasteiger partial charge in [0, 0.05) is 30.3 Å². The van der Waals surface area contributed by atoms with E-state index < -0.39 is 0 Å². The van der Waals surface area contributed by atoms with Gasteiger partial charge in [0.2, 0.25) is 0 Å². The zero-order valence-electron chi connectivity index (χ0n) is 21.3. The molecule has 7 nitrogen and oxygen atoms in total. The van der Waals surface area contributed by atoms with Crippen LogP contribution in [-0.4, -0.2) is 49.0 Å². The summed E-state index contributed by atoms with van der Waals surface area (Å²) in [6, 6.07) is 18.7. The molecule has 0 aliphatic carbocycles. The number of hydrogen-bond donors (Lipinski definition) is 1. The molecule has 1 aliphatic heterocycles. The molecule has 2 heterocycles. The molecule has 3 aromatic rings. The molecule has 0 saturated carbocycles. The van der Waals surface area contributed by atoms with E-state index in [9.17, 15) is 9.59 Å². The Hall–Kier alpha value is -3.87. The first-order valence-electron chi connectivity index (χ1n) is 12.3. The third-order valence-corrected chi connectivity index (χ3v) is 6.76. The molecule has 1 fully saturated rings. The highest BCUT2D eigenvalue weighted by atomic mass is 16.5. The van der Waals surface area contributed by atoms with Crippen molar-refractivity contribution in [3.8, 4) is 11.5 Å². The second-order valence-electron chi connectivity index (χ2n) is 9.13. The quantitative estimate of drug-likeness (QED) is 0.512. The average Bonchev–Trinajstić information content (AvgIpc) is 2.92. The summed E-state index contributed by atoms with van der Waals surface area (Å²) in [5.41, 5.74) is 3.91. The number of benzene rings is 2. The van der Waals surface area contributed by atoms with Gasteiger partial charge in [-0.15, -0.1) is 0 Å². The summed E-state index contributed by atoms with van der Waals surface area (Å²) in [6.07, 6.45) is 1.48. The number of carbonyl (C=O) groups excluding carboxylic acids is 2. The van der Waals surface area contributed by atoms with Crippen LogP contribution in [0.3, 0.4) is 0 Å². The average molecular weight is 488 g/mol. The van der Waals surface area contributed by atoms with E-state index in [0.717, 1.165) is 29.8 Å². The fourth-order valence-corrected chi connectivity index (χ4v) is 4.69. The van der Waals surface area contributed by atoms with Crippen LogP contribution in [-0.2, 0) is 0 Å². The molecule has 0 bridgehead atoms. The molecule has 1 N–H and O–H groups in total. The SMILES string of the molecule is COc1ccc(C(=O)N2CCC(c3nc(C)ccc3C(=O)NC(C)c3ccccc3)CC2)cc1OC. The van der Waals surface area contributed by atoms with Gasteiger partial charge in [0.25, 0.3) is 11.8 Å². The van der Waals surface area contributed by atoms with Crippen molar-refractivity contribution < 1.29 is 19.1 Å². The largest absolute Gasteiger partial charge is 0.493 e. The lowest BCUT2D eigenvalue weighted by Crippen LogP contribution is -2.38. The number of nitrogens with one attached hydrogen (secondary N) is 1. The fraction of sp³-hybridized carbons (Fsp3) is 0.345. The highest BCUT2D eigenvalue weighted by Crippen LogP contribution is 2.32. The summed E-state index contributed by atoms with van der Waals surface area (Å²) < 4.78 is 10.6. The number of ether oxygens (including phenoxy) is 2. The van der Waals surface area contributed by atoms with E-state index in [2.05, 4.69) is 5.32 Å². The summed E-state index contributed by atoms with van der Waals surface area (Å²) in [6.45, 7) is 5.10. The smallest absolute Gasteiger partial charge is 0.253 e. The molecule has 1 aromatic heterocycles.